The molecule has 26 heavy (non-hydrogen) atoms. The van der Waals surface area contributed by atoms with Gasteiger partial charge >= 0.3 is 0 Å². The van der Waals surface area contributed by atoms with E-state index in [1.807, 2.05) is 43.3 Å². The number of hydrogen-bond acceptors (Lipinski definition) is 5. The number of aryl methyl sites for hydroxylation is 1. The van der Waals surface area contributed by atoms with E-state index in [1.165, 1.54) is 0 Å². The number of aromatic nitrogens is 1. The molecule has 0 unspecified atom stereocenters. The van der Waals surface area contributed by atoms with Crippen LogP contribution in [0.1, 0.15) is 16.1 Å². The van der Waals surface area contributed by atoms with Crippen molar-refractivity contribution in [2.24, 2.45) is 0 Å². The van der Waals surface area contributed by atoms with Crippen LogP contribution in [-0.4, -0.2) is 49.0 Å². The smallest absolute Gasteiger partial charge is 0.291 e. The van der Waals surface area contributed by atoms with Gasteiger partial charge in [0.2, 0.25) is 0 Å². The van der Waals surface area contributed by atoms with E-state index in [0.717, 1.165) is 48.5 Å². The van der Waals surface area contributed by atoms with Gasteiger partial charge in [0.25, 0.3) is 5.91 Å². The number of piperazine rings is 1. The Bertz CT molecular complexity index is 925. The Kier molecular flexibility index (Phi) is 4.34. The Morgan fingerprint density at radius 2 is 1.88 bits per heavy atom. The number of fused-ring (bicyclic) bond motifs is 1. The summed E-state index contributed by atoms with van der Waals surface area (Å²) in [6.45, 7) is 5.90. The highest BCUT2D eigenvalue weighted by atomic mass is 16.3. The Morgan fingerprint density at radius 1 is 1.12 bits per heavy atom. The molecule has 1 aliphatic heterocycles. The standard InChI is InChI=1S/C20H22N4O2/c1-14-16-5-3-4-6-17(16)26-19(14)20(25)22-15-7-8-18(21-13-15)24-11-9-23(2)10-12-24/h3-8,13H,9-12H2,1-2H3,(H,22,25). The van der Waals surface area contributed by atoms with Crippen molar-refractivity contribution >= 4 is 28.4 Å². The minimum absolute atomic E-state index is 0.257. The van der Waals surface area contributed by atoms with E-state index in [9.17, 15) is 4.79 Å². The molecule has 0 spiro atoms. The maximum Gasteiger partial charge on any atom is 0.291 e. The number of benzene rings is 1. The zero-order valence-electron chi connectivity index (χ0n) is 15.0. The van der Waals surface area contributed by atoms with Crippen LogP contribution in [-0.2, 0) is 0 Å². The first kappa shape index (κ1) is 16.6. The quantitative estimate of drug-likeness (QED) is 0.786. The zero-order valence-corrected chi connectivity index (χ0v) is 15.0. The second-order valence-corrected chi connectivity index (χ2v) is 6.70. The fraction of sp³-hybridized carbons (Fsp3) is 0.300. The third kappa shape index (κ3) is 3.15. The number of carbonyl (C=O) groups is 1. The van der Waals surface area contributed by atoms with Crippen LogP contribution in [0.5, 0.6) is 0 Å². The third-order valence-electron chi connectivity index (χ3n) is 4.88. The summed E-state index contributed by atoms with van der Waals surface area (Å²) in [5, 5.41) is 3.83. The Morgan fingerprint density at radius 3 is 2.58 bits per heavy atom. The van der Waals surface area contributed by atoms with Crippen molar-refractivity contribution in [1.82, 2.24) is 9.88 Å². The topological polar surface area (TPSA) is 61.6 Å². The summed E-state index contributed by atoms with van der Waals surface area (Å²) in [6.07, 6.45) is 1.70. The number of anilines is 2. The maximum absolute atomic E-state index is 12.6. The molecular formula is C20H22N4O2. The molecule has 0 bridgehead atoms. The van der Waals surface area contributed by atoms with Gasteiger partial charge in [0, 0.05) is 37.1 Å². The van der Waals surface area contributed by atoms with Crippen LogP contribution >= 0.6 is 0 Å². The number of furan rings is 1. The molecule has 1 amide bonds. The van der Waals surface area contributed by atoms with Crippen LogP contribution in [0.25, 0.3) is 11.0 Å². The Balaban J connectivity index is 1.48. The van der Waals surface area contributed by atoms with E-state index in [2.05, 4.69) is 27.1 Å². The number of likely N-dealkylation sites (N-methyl/N-ethyl adjacent to an activating group) is 1. The molecule has 0 atom stereocenters. The molecular weight excluding hydrogens is 328 g/mol. The minimum Gasteiger partial charge on any atom is -0.451 e. The zero-order chi connectivity index (χ0) is 18.1. The van der Waals surface area contributed by atoms with E-state index in [1.54, 1.807) is 6.20 Å². The number of para-hydroxylation sites is 1. The van der Waals surface area contributed by atoms with Crippen molar-refractivity contribution in [3.63, 3.8) is 0 Å². The summed E-state index contributed by atoms with van der Waals surface area (Å²) in [5.74, 6) is 1.03. The monoisotopic (exact) mass is 350 g/mol. The van der Waals surface area contributed by atoms with E-state index in [0.29, 0.717) is 11.4 Å². The van der Waals surface area contributed by atoms with Gasteiger partial charge in [0.15, 0.2) is 5.76 Å². The van der Waals surface area contributed by atoms with Gasteiger partial charge in [-0.1, -0.05) is 18.2 Å². The number of hydrogen-bond donors (Lipinski definition) is 1. The summed E-state index contributed by atoms with van der Waals surface area (Å²) in [5.41, 5.74) is 2.23. The summed E-state index contributed by atoms with van der Waals surface area (Å²) in [6, 6.07) is 11.5. The first-order valence-corrected chi connectivity index (χ1v) is 8.81. The van der Waals surface area contributed by atoms with Crippen molar-refractivity contribution in [3.05, 3.63) is 53.9 Å². The number of amides is 1. The van der Waals surface area contributed by atoms with Crippen LogP contribution in [0.15, 0.2) is 47.0 Å². The predicted octanol–water partition coefficient (Wildman–Crippen LogP) is 3.14. The number of nitrogens with zero attached hydrogens (tertiary/aromatic N) is 3. The Labute approximate surface area is 152 Å². The number of carbonyl (C=O) groups excluding carboxylic acids is 1. The van der Waals surface area contributed by atoms with Crippen molar-refractivity contribution < 1.29 is 9.21 Å². The normalized spacial score (nSPS) is 15.4. The molecule has 3 aromatic rings. The molecule has 1 aromatic carbocycles. The highest BCUT2D eigenvalue weighted by Gasteiger charge is 2.18. The van der Waals surface area contributed by atoms with Crippen LogP contribution in [0.4, 0.5) is 11.5 Å². The SMILES string of the molecule is Cc1c(C(=O)Nc2ccc(N3CCN(C)CC3)nc2)oc2ccccc12. The van der Waals surface area contributed by atoms with Crippen LogP contribution in [0.2, 0.25) is 0 Å². The molecule has 6 nitrogen and oxygen atoms in total. The molecule has 134 valence electrons. The molecule has 1 fully saturated rings. The maximum atomic E-state index is 12.6. The summed E-state index contributed by atoms with van der Waals surface area (Å²) in [7, 11) is 2.13. The van der Waals surface area contributed by atoms with Crippen LogP contribution < -0.4 is 10.2 Å². The van der Waals surface area contributed by atoms with Crippen molar-refractivity contribution in [3.8, 4) is 0 Å². The molecule has 0 saturated carbocycles. The summed E-state index contributed by atoms with van der Waals surface area (Å²) >= 11 is 0. The summed E-state index contributed by atoms with van der Waals surface area (Å²) in [4.78, 5) is 21.6. The van der Waals surface area contributed by atoms with E-state index < -0.39 is 0 Å². The van der Waals surface area contributed by atoms with Gasteiger partial charge < -0.3 is 19.5 Å². The fourth-order valence-corrected chi connectivity index (χ4v) is 3.26. The minimum atomic E-state index is -0.257. The molecule has 6 heteroatoms. The molecule has 3 heterocycles. The second kappa shape index (κ2) is 6.80. The number of pyridine rings is 1. The van der Waals surface area contributed by atoms with Gasteiger partial charge in [-0.3, -0.25) is 4.79 Å². The molecule has 1 saturated heterocycles. The lowest BCUT2D eigenvalue weighted by Crippen LogP contribution is -2.44. The molecule has 4 rings (SSSR count). The van der Waals surface area contributed by atoms with E-state index >= 15 is 0 Å². The lowest BCUT2D eigenvalue weighted by molar-refractivity contribution is 0.0998. The molecule has 2 aromatic heterocycles. The van der Waals surface area contributed by atoms with E-state index in [4.69, 9.17) is 4.42 Å². The average Bonchev–Trinajstić information content (AvgIpc) is 3.00. The van der Waals surface area contributed by atoms with Gasteiger partial charge in [0.05, 0.1) is 11.9 Å². The lowest BCUT2D eigenvalue weighted by atomic mass is 10.1. The average molecular weight is 350 g/mol. The van der Waals surface area contributed by atoms with Gasteiger partial charge in [-0.15, -0.1) is 0 Å². The lowest BCUT2D eigenvalue weighted by Gasteiger charge is -2.33. The van der Waals surface area contributed by atoms with Crippen LogP contribution in [0.3, 0.4) is 0 Å². The number of rotatable bonds is 3. The largest absolute Gasteiger partial charge is 0.451 e. The second-order valence-electron chi connectivity index (χ2n) is 6.70. The first-order chi connectivity index (χ1) is 12.6. The molecule has 0 radical (unpaired) electrons. The summed E-state index contributed by atoms with van der Waals surface area (Å²) < 4.78 is 5.72. The van der Waals surface area contributed by atoms with Crippen molar-refractivity contribution in [2.75, 3.05) is 43.4 Å². The van der Waals surface area contributed by atoms with Crippen molar-refractivity contribution in [1.29, 1.82) is 0 Å². The third-order valence-corrected chi connectivity index (χ3v) is 4.88. The van der Waals surface area contributed by atoms with Crippen molar-refractivity contribution in [2.45, 2.75) is 6.92 Å². The van der Waals surface area contributed by atoms with Gasteiger partial charge in [-0.05, 0) is 32.2 Å². The number of nitrogens with one attached hydrogen (secondary N) is 1. The fourth-order valence-electron chi connectivity index (χ4n) is 3.26. The van der Waals surface area contributed by atoms with E-state index in [-0.39, 0.29) is 5.91 Å². The highest BCUT2D eigenvalue weighted by molar-refractivity contribution is 6.06. The molecule has 0 aliphatic carbocycles. The molecule has 1 aliphatic rings. The van der Waals surface area contributed by atoms with Gasteiger partial charge in [0.1, 0.15) is 11.4 Å². The highest BCUT2D eigenvalue weighted by Crippen LogP contribution is 2.25. The first-order valence-electron chi connectivity index (χ1n) is 8.81. The molecule has 1 N–H and O–H groups in total. The van der Waals surface area contributed by atoms with Gasteiger partial charge in [-0.2, -0.15) is 0 Å². The predicted molar refractivity (Wildman–Crippen MR) is 103 cm³/mol. The Hall–Kier alpha value is -2.86. The van der Waals surface area contributed by atoms with Crippen LogP contribution in [0, 0.1) is 6.92 Å². The van der Waals surface area contributed by atoms with Gasteiger partial charge in [-0.25, -0.2) is 4.98 Å².